The van der Waals surface area contributed by atoms with Crippen LogP contribution in [0.4, 0.5) is 0 Å². The molecule has 2 heteroatoms. The maximum absolute atomic E-state index is 5.09. The first-order chi connectivity index (χ1) is 7.88. The van der Waals surface area contributed by atoms with Crippen LogP contribution in [0.5, 0.6) is 0 Å². The minimum Gasteiger partial charge on any atom is -0.373 e. The molecule has 0 N–H and O–H groups in total. The highest BCUT2D eigenvalue weighted by Gasteiger charge is 2.23. The first kappa shape index (κ1) is 12.7. The standard InChI is InChI=1S/C8H8O.C6H10O/c1-2-4-7(5-3-1)8-6-9-8;1-3-5-7-6-4-2/h1-5,8H,6H2;3-4H,1-2,5-6H2. The summed E-state index contributed by atoms with van der Waals surface area (Å²) in [6, 6.07) is 10.3. The zero-order valence-corrected chi connectivity index (χ0v) is 9.47. The van der Waals surface area contributed by atoms with Gasteiger partial charge in [0.15, 0.2) is 0 Å². The van der Waals surface area contributed by atoms with E-state index in [-0.39, 0.29) is 0 Å². The van der Waals surface area contributed by atoms with Crippen molar-refractivity contribution in [2.75, 3.05) is 19.8 Å². The van der Waals surface area contributed by atoms with Crippen LogP contribution >= 0.6 is 0 Å². The second-order valence-corrected chi connectivity index (χ2v) is 3.35. The predicted molar refractivity (Wildman–Crippen MR) is 66.3 cm³/mol. The summed E-state index contributed by atoms with van der Waals surface area (Å²) >= 11 is 0. The first-order valence-corrected chi connectivity index (χ1v) is 5.34. The van der Waals surface area contributed by atoms with Crippen molar-refractivity contribution in [3.8, 4) is 0 Å². The summed E-state index contributed by atoms with van der Waals surface area (Å²) in [6.07, 6.45) is 3.83. The molecule has 1 unspecified atom stereocenters. The molecule has 0 aliphatic carbocycles. The van der Waals surface area contributed by atoms with Crippen molar-refractivity contribution in [2.45, 2.75) is 6.10 Å². The molecule has 1 aromatic carbocycles. The molecule has 86 valence electrons. The molecule has 0 saturated carbocycles. The highest BCUT2D eigenvalue weighted by molar-refractivity contribution is 5.19. The molecule has 0 radical (unpaired) electrons. The Kier molecular flexibility index (Phi) is 6.23. The Morgan fingerprint density at radius 1 is 1.19 bits per heavy atom. The largest absolute Gasteiger partial charge is 0.373 e. The fraction of sp³-hybridized carbons (Fsp3) is 0.286. The van der Waals surface area contributed by atoms with Crippen LogP contribution in [0.3, 0.4) is 0 Å². The fourth-order valence-electron chi connectivity index (χ4n) is 1.14. The Labute approximate surface area is 97.2 Å². The summed E-state index contributed by atoms with van der Waals surface area (Å²) in [5.74, 6) is 0. The van der Waals surface area contributed by atoms with Gasteiger partial charge >= 0.3 is 0 Å². The molecule has 1 heterocycles. The average Bonchev–Trinajstić information content (AvgIpc) is 3.16. The number of ether oxygens (including phenoxy) is 2. The Balaban J connectivity index is 0.000000168. The van der Waals surface area contributed by atoms with Crippen LogP contribution in [0.1, 0.15) is 11.7 Å². The van der Waals surface area contributed by atoms with Gasteiger partial charge < -0.3 is 9.47 Å². The van der Waals surface area contributed by atoms with Gasteiger partial charge in [-0.05, 0) is 5.56 Å². The molecule has 1 saturated heterocycles. The summed E-state index contributed by atoms with van der Waals surface area (Å²) in [5, 5.41) is 0. The van der Waals surface area contributed by atoms with Crippen LogP contribution in [-0.4, -0.2) is 19.8 Å². The highest BCUT2D eigenvalue weighted by atomic mass is 16.6. The van der Waals surface area contributed by atoms with Crippen LogP contribution in [0.25, 0.3) is 0 Å². The van der Waals surface area contributed by atoms with E-state index in [0.29, 0.717) is 19.3 Å². The fourth-order valence-corrected chi connectivity index (χ4v) is 1.14. The molecule has 1 aromatic rings. The molecule has 0 amide bonds. The van der Waals surface area contributed by atoms with Crippen molar-refractivity contribution in [3.63, 3.8) is 0 Å². The van der Waals surface area contributed by atoms with E-state index >= 15 is 0 Å². The van der Waals surface area contributed by atoms with Gasteiger partial charge in [-0.2, -0.15) is 0 Å². The maximum Gasteiger partial charge on any atom is 0.106 e. The summed E-state index contributed by atoms with van der Waals surface area (Å²) < 4.78 is 9.99. The predicted octanol–water partition coefficient (Wildman–Crippen LogP) is 3.13. The molecule has 2 nitrogen and oxygen atoms in total. The van der Waals surface area contributed by atoms with Gasteiger partial charge in [0.25, 0.3) is 0 Å². The third-order valence-electron chi connectivity index (χ3n) is 1.98. The third kappa shape index (κ3) is 5.49. The van der Waals surface area contributed by atoms with E-state index < -0.39 is 0 Å². The molecule has 0 spiro atoms. The van der Waals surface area contributed by atoms with Crippen LogP contribution in [0.15, 0.2) is 55.6 Å². The normalized spacial score (nSPS) is 16.9. The van der Waals surface area contributed by atoms with Crippen molar-refractivity contribution in [1.82, 2.24) is 0 Å². The topological polar surface area (TPSA) is 21.8 Å². The van der Waals surface area contributed by atoms with E-state index in [1.165, 1.54) is 5.56 Å². The molecule has 0 bridgehead atoms. The quantitative estimate of drug-likeness (QED) is 0.430. The molecule has 1 aliphatic rings. The Hall–Kier alpha value is -1.38. The summed E-state index contributed by atoms with van der Waals surface area (Å²) in [7, 11) is 0. The van der Waals surface area contributed by atoms with Crippen molar-refractivity contribution >= 4 is 0 Å². The van der Waals surface area contributed by atoms with Gasteiger partial charge in [0, 0.05) is 0 Å². The Morgan fingerprint density at radius 3 is 2.19 bits per heavy atom. The molecule has 0 aromatic heterocycles. The van der Waals surface area contributed by atoms with E-state index in [1.807, 2.05) is 18.2 Å². The molecule has 16 heavy (non-hydrogen) atoms. The summed E-state index contributed by atoms with van der Waals surface area (Å²) in [5.41, 5.74) is 1.30. The maximum atomic E-state index is 5.09. The summed E-state index contributed by atoms with van der Waals surface area (Å²) in [6.45, 7) is 9.09. The minimum absolute atomic E-state index is 0.409. The first-order valence-electron chi connectivity index (χ1n) is 5.34. The molecular weight excluding hydrogens is 200 g/mol. The molecule has 1 atom stereocenters. The van der Waals surface area contributed by atoms with Crippen LogP contribution in [0, 0.1) is 0 Å². The highest BCUT2D eigenvalue weighted by Crippen LogP contribution is 2.28. The number of hydrogen-bond donors (Lipinski definition) is 0. The number of hydrogen-bond acceptors (Lipinski definition) is 2. The van der Waals surface area contributed by atoms with Gasteiger partial charge in [-0.1, -0.05) is 42.5 Å². The van der Waals surface area contributed by atoms with Gasteiger partial charge in [0.1, 0.15) is 6.10 Å². The lowest BCUT2D eigenvalue weighted by molar-refractivity contribution is 0.194. The zero-order chi connectivity index (χ0) is 11.6. The smallest absolute Gasteiger partial charge is 0.106 e. The van der Waals surface area contributed by atoms with E-state index in [9.17, 15) is 0 Å². The van der Waals surface area contributed by atoms with Crippen molar-refractivity contribution in [1.29, 1.82) is 0 Å². The number of epoxide rings is 1. The minimum atomic E-state index is 0.409. The van der Waals surface area contributed by atoms with E-state index in [0.717, 1.165) is 6.61 Å². The van der Waals surface area contributed by atoms with E-state index in [1.54, 1.807) is 12.2 Å². The zero-order valence-electron chi connectivity index (χ0n) is 9.47. The average molecular weight is 218 g/mol. The van der Waals surface area contributed by atoms with Gasteiger partial charge in [0.05, 0.1) is 19.8 Å². The number of benzene rings is 1. The van der Waals surface area contributed by atoms with E-state index in [4.69, 9.17) is 9.47 Å². The molecule has 1 fully saturated rings. The second-order valence-electron chi connectivity index (χ2n) is 3.35. The molecule has 2 rings (SSSR count). The number of rotatable bonds is 5. The van der Waals surface area contributed by atoms with Crippen LogP contribution < -0.4 is 0 Å². The second kappa shape index (κ2) is 7.85. The lowest BCUT2D eigenvalue weighted by atomic mass is 10.2. The lowest BCUT2D eigenvalue weighted by Gasteiger charge is -1.89. The van der Waals surface area contributed by atoms with Gasteiger partial charge in [-0.15, -0.1) is 13.2 Å². The third-order valence-corrected chi connectivity index (χ3v) is 1.98. The lowest BCUT2D eigenvalue weighted by Crippen LogP contribution is -1.87. The summed E-state index contributed by atoms with van der Waals surface area (Å²) in [4.78, 5) is 0. The van der Waals surface area contributed by atoms with Gasteiger partial charge in [-0.3, -0.25) is 0 Å². The van der Waals surface area contributed by atoms with Gasteiger partial charge in [0.2, 0.25) is 0 Å². The monoisotopic (exact) mass is 218 g/mol. The van der Waals surface area contributed by atoms with Crippen molar-refractivity contribution < 1.29 is 9.47 Å². The molecular formula is C14H18O2. The van der Waals surface area contributed by atoms with E-state index in [2.05, 4.69) is 25.3 Å². The van der Waals surface area contributed by atoms with Crippen LogP contribution in [-0.2, 0) is 9.47 Å². The molecule has 1 aliphatic heterocycles. The van der Waals surface area contributed by atoms with Crippen molar-refractivity contribution in [2.24, 2.45) is 0 Å². The van der Waals surface area contributed by atoms with Crippen molar-refractivity contribution in [3.05, 3.63) is 61.2 Å². The van der Waals surface area contributed by atoms with Gasteiger partial charge in [-0.25, -0.2) is 0 Å². The SMILES string of the molecule is C=CCOCC=C.c1ccc(C2CO2)cc1. The van der Waals surface area contributed by atoms with Crippen LogP contribution in [0.2, 0.25) is 0 Å². The Bertz CT molecular complexity index is 294. The Morgan fingerprint density at radius 2 is 1.75 bits per heavy atom.